The summed E-state index contributed by atoms with van der Waals surface area (Å²) in [5, 5.41) is 0. The van der Waals surface area contributed by atoms with Crippen LogP contribution in [0.4, 0.5) is 0 Å². The molecule has 0 radical (unpaired) electrons. The highest BCUT2D eigenvalue weighted by molar-refractivity contribution is 14.1. The Morgan fingerprint density at radius 2 is 2.05 bits per heavy atom. The van der Waals surface area contributed by atoms with Crippen molar-refractivity contribution in [2.24, 2.45) is 0 Å². The first kappa shape index (κ1) is 12.7. The van der Waals surface area contributed by atoms with Crippen molar-refractivity contribution in [3.05, 3.63) is 62.7 Å². The Hall–Kier alpha value is -1.36. The van der Waals surface area contributed by atoms with Crippen LogP contribution >= 0.6 is 22.6 Å². The summed E-state index contributed by atoms with van der Waals surface area (Å²) in [6.07, 6.45) is 0.837. The topological polar surface area (TPSA) is 26.3 Å². The Balaban J connectivity index is 1.96. The van der Waals surface area contributed by atoms with Gasteiger partial charge in [0.15, 0.2) is 5.78 Å². The predicted octanol–water partition coefficient (Wildman–Crippen LogP) is 3.82. The van der Waals surface area contributed by atoms with Crippen LogP contribution in [0.25, 0.3) is 0 Å². The maximum atomic E-state index is 12.6. The van der Waals surface area contributed by atoms with Crippen molar-refractivity contribution in [3.8, 4) is 5.75 Å². The molecule has 1 aliphatic rings. The van der Waals surface area contributed by atoms with E-state index in [1.807, 2.05) is 36.4 Å². The third kappa shape index (κ3) is 2.16. The summed E-state index contributed by atoms with van der Waals surface area (Å²) in [7, 11) is 1.60. The molecule has 1 unspecified atom stereocenters. The summed E-state index contributed by atoms with van der Waals surface area (Å²) in [5.74, 6) is 0.812. The zero-order chi connectivity index (χ0) is 13.4. The number of ether oxygens (including phenoxy) is 1. The van der Waals surface area contributed by atoms with Crippen molar-refractivity contribution in [1.29, 1.82) is 0 Å². The lowest BCUT2D eigenvalue weighted by molar-refractivity contribution is 0.0946. The van der Waals surface area contributed by atoms with E-state index in [-0.39, 0.29) is 11.7 Å². The maximum Gasteiger partial charge on any atom is 0.174 e. The van der Waals surface area contributed by atoms with Crippen molar-refractivity contribution in [2.45, 2.75) is 12.3 Å². The molecule has 0 fully saturated rings. The second-order valence-corrected chi connectivity index (χ2v) is 5.91. The van der Waals surface area contributed by atoms with Crippen LogP contribution in [0.1, 0.15) is 27.4 Å². The first-order chi connectivity index (χ1) is 9.20. The van der Waals surface area contributed by atoms with Crippen LogP contribution in [0.5, 0.6) is 5.75 Å². The molecular formula is C16H13IO2. The number of hydrogen-bond acceptors (Lipinski definition) is 2. The number of carbonyl (C=O) groups is 1. The smallest absolute Gasteiger partial charge is 0.174 e. The minimum absolute atomic E-state index is 0.0108. The second kappa shape index (κ2) is 4.96. The zero-order valence-corrected chi connectivity index (χ0v) is 12.7. The lowest BCUT2D eigenvalue weighted by atomic mass is 9.74. The lowest BCUT2D eigenvalue weighted by Crippen LogP contribution is -2.25. The van der Waals surface area contributed by atoms with Crippen LogP contribution in [0.15, 0.2) is 42.5 Å². The highest BCUT2D eigenvalue weighted by Crippen LogP contribution is 2.38. The maximum absolute atomic E-state index is 12.6. The molecule has 0 saturated carbocycles. The van der Waals surface area contributed by atoms with Crippen LogP contribution in [-0.2, 0) is 6.42 Å². The monoisotopic (exact) mass is 364 g/mol. The van der Waals surface area contributed by atoms with E-state index in [1.165, 1.54) is 5.56 Å². The molecule has 0 aromatic heterocycles. The summed E-state index contributed by atoms with van der Waals surface area (Å²) >= 11 is 2.22. The van der Waals surface area contributed by atoms with Gasteiger partial charge in [-0.25, -0.2) is 0 Å². The summed E-state index contributed by atoms with van der Waals surface area (Å²) in [4.78, 5) is 12.6. The normalized spacial score (nSPS) is 16.4. The Bertz CT molecular complexity index is 649. The van der Waals surface area contributed by atoms with E-state index in [0.29, 0.717) is 11.3 Å². The van der Waals surface area contributed by atoms with Crippen LogP contribution in [0.3, 0.4) is 0 Å². The van der Waals surface area contributed by atoms with Crippen molar-refractivity contribution < 1.29 is 9.53 Å². The van der Waals surface area contributed by atoms with Crippen LogP contribution < -0.4 is 4.74 Å². The molecule has 0 amide bonds. The van der Waals surface area contributed by atoms with Gasteiger partial charge in [0.1, 0.15) is 5.75 Å². The molecule has 1 aliphatic carbocycles. The molecule has 0 aliphatic heterocycles. The minimum atomic E-state index is -0.0108. The quantitative estimate of drug-likeness (QED) is 0.612. The van der Waals surface area contributed by atoms with Gasteiger partial charge in [-0.2, -0.15) is 0 Å². The van der Waals surface area contributed by atoms with Crippen LogP contribution in [0.2, 0.25) is 0 Å². The lowest BCUT2D eigenvalue weighted by Gasteiger charge is -2.29. The summed E-state index contributed by atoms with van der Waals surface area (Å²) in [5.41, 5.74) is 3.13. The average Bonchev–Trinajstić information content (AvgIpc) is 2.40. The van der Waals surface area contributed by atoms with Gasteiger partial charge in [-0.15, -0.1) is 0 Å². The van der Waals surface area contributed by atoms with Gasteiger partial charge in [0.25, 0.3) is 0 Å². The zero-order valence-electron chi connectivity index (χ0n) is 10.5. The highest BCUT2D eigenvalue weighted by atomic mass is 127. The average molecular weight is 364 g/mol. The molecule has 0 saturated heterocycles. The molecule has 3 rings (SSSR count). The molecule has 2 aromatic rings. The largest absolute Gasteiger partial charge is 0.496 e. The van der Waals surface area contributed by atoms with E-state index in [2.05, 4.69) is 28.7 Å². The van der Waals surface area contributed by atoms with E-state index >= 15 is 0 Å². The molecule has 2 aromatic carbocycles. The first-order valence-corrected chi connectivity index (χ1v) is 7.24. The summed E-state index contributed by atoms with van der Waals surface area (Å²) < 4.78 is 6.35. The van der Waals surface area contributed by atoms with E-state index in [1.54, 1.807) is 7.11 Å². The first-order valence-electron chi connectivity index (χ1n) is 6.16. The Morgan fingerprint density at radius 1 is 1.26 bits per heavy atom. The number of carbonyl (C=O) groups excluding carboxylic acids is 1. The van der Waals surface area contributed by atoms with Gasteiger partial charge in [-0.05, 0) is 58.3 Å². The highest BCUT2D eigenvalue weighted by Gasteiger charge is 2.33. The molecule has 2 nitrogen and oxygen atoms in total. The molecular weight excluding hydrogens is 351 g/mol. The van der Waals surface area contributed by atoms with Gasteiger partial charge in [-0.3, -0.25) is 4.79 Å². The number of ketones is 1. The summed E-state index contributed by atoms with van der Waals surface area (Å²) in [6.45, 7) is 0. The van der Waals surface area contributed by atoms with E-state index < -0.39 is 0 Å². The fraction of sp³-hybridized carbons (Fsp3) is 0.188. The molecule has 1 atom stereocenters. The van der Waals surface area contributed by atoms with Gasteiger partial charge < -0.3 is 4.74 Å². The molecule has 19 heavy (non-hydrogen) atoms. The van der Waals surface area contributed by atoms with E-state index in [9.17, 15) is 4.79 Å². The molecule has 0 N–H and O–H groups in total. The van der Waals surface area contributed by atoms with Crippen LogP contribution in [-0.4, -0.2) is 12.9 Å². The van der Waals surface area contributed by atoms with Gasteiger partial charge in [0, 0.05) is 3.57 Å². The van der Waals surface area contributed by atoms with Crippen molar-refractivity contribution in [2.75, 3.05) is 7.11 Å². The SMILES string of the molecule is COc1ccc(I)cc1C(=O)C1Cc2ccccc21. The van der Waals surface area contributed by atoms with Gasteiger partial charge in [0.05, 0.1) is 18.6 Å². The van der Waals surface area contributed by atoms with Crippen molar-refractivity contribution in [3.63, 3.8) is 0 Å². The molecule has 0 heterocycles. The summed E-state index contributed by atoms with van der Waals surface area (Å²) in [6, 6.07) is 13.9. The van der Waals surface area contributed by atoms with E-state index in [4.69, 9.17) is 4.74 Å². The Labute approximate surface area is 125 Å². The molecule has 3 heteroatoms. The van der Waals surface area contributed by atoms with E-state index in [0.717, 1.165) is 15.6 Å². The molecule has 0 bridgehead atoms. The number of fused-ring (bicyclic) bond motifs is 1. The fourth-order valence-corrected chi connectivity index (χ4v) is 3.04. The van der Waals surface area contributed by atoms with Crippen molar-refractivity contribution in [1.82, 2.24) is 0 Å². The van der Waals surface area contributed by atoms with Crippen molar-refractivity contribution >= 4 is 28.4 Å². The predicted molar refractivity (Wildman–Crippen MR) is 82.9 cm³/mol. The van der Waals surface area contributed by atoms with Gasteiger partial charge in [-0.1, -0.05) is 24.3 Å². The number of rotatable bonds is 3. The number of Topliss-reactive ketones (excluding diaryl/α,β-unsaturated/α-hetero) is 1. The number of hydrogen-bond donors (Lipinski definition) is 0. The number of halogens is 1. The third-order valence-electron chi connectivity index (χ3n) is 3.60. The van der Waals surface area contributed by atoms with Gasteiger partial charge >= 0.3 is 0 Å². The number of methoxy groups -OCH3 is 1. The molecule has 96 valence electrons. The standard InChI is InChI=1S/C16H13IO2/c1-19-15-7-6-11(17)9-14(15)16(18)13-8-10-4-2-3-5-12(10)13/h2-7,9,13H,8H2,1H3. The fourth-order valence-electron chi connectivity index (χ4n) is 2.55. The molecule has 0 spiro atoms. The van der Waals surface area contributed by atoms with Gasteiger partial charge in [0.2, 0.25) is 0 Å². The third-order valence-corrected chi connectivity index (χ3v) is 4.27. The Kier molecular flexibility index (Phi) is 3.31. The minimum Gasteiger partial charge on any atom is -0.496 e. The second-order valence-electron chi connectivity index (χ2n) is 4.66. The number of benzene rings is 2. The Morgan fingerprint density at radius 3 is 2.79 bits per heavy atom. The van der Waals surface area contributed by atoms with Crippen LogP contribution in [0, 0.1) is 3.57 Å².